The van der Waals surface area contributed by atoms with Crippen LogP contribution in [0, 0.1) is 0 Å². The molecule has 1 aromatic carbocycles. The third-order valence-corrected chi connectivity index (χ3v) is 5.34. The zero-order valence-electron chi connectivity index (χ0n) is 18.4. The Morgan fingerprint density at radius 2 is 1.94 bits per heavy atom. The SMILES string of the molecule is CN1C(CNc2ccc(C(=O)N[C@@H](CCC(=O)[O-])C(=O)[O-])cc2)CN=C2N=C(N)NC(=O)C21.[Ca+2]. The largest absolute Gasteiger partial charge is 2.00 e. The van der Waals surface area contributed by atoms with E-state index in [4.69, 9.17) is 5.73 Å². The Kier molecular flexibility index (Phi) is 9.79. The molecule has 0 saturated heterocycles. The number of amides is 2. The number of rotatable bonds is 9. The van der Waals surface area contributed by atoms with E-state index in [0.29, 0.717) is 24.6 Å². The van der Waals surface area contributed by atoms with Crippen molar-refractivity contribution in [2.45, 2.75) is 31.0 Å². The van der Waals surface area contributed by atoms with E-state index in [9.17, 15) is 29.4 Å². The van der Waals surface area contributed by atoms with Crippen molar-refractivity contribution in [3.8, 4) is 0 Å². The van der Waals surface area contributed by atoms with Crippen LogP contribution in [0.2, 0.25) is 0 Å². The number of hydrogen-bond acceptors (Lipinski definition) is 11. The summed E-state index contributed by atoms with van der Waals surface area (Å²) in [5.74, 6) is -3.57. The minimum atomic E-state index is -1.58. The number of guanidine groups is 1. The Labute approximate surface area is 224 Å². The van der Waals surface area contributed by atoms with Gasteiger partial charge in [0, 0.05) is 29.8 Å². The van der Waals surface area contributed by atoms with Crippen LogP contribution in [0.1, 0.15) is 23.2 Å². The van der Waals surface area contributed by atoms with Crippen LogP contribution in [-0.4, -0.2) is 116 Å². The number of hydrogen-bond donors (Lipinski definition) is 4. The summed E-state index contributed by atoms with van der Waals surface area (Å²) in [6, 6.07) is 4.09. The molecule has 2 unspecified atom stereocenters. The fraction of sp³-hybridized carbons (Fsp3) is 0.400. The minimum Gasteiger partial charge on any atom is -0.550 e. The molecule has 14 heteroatoms. The topological polar surface area (TPSA) is 204 Å². The minimum absolute atomic E-state index is 0. The smallest absolute Gasteiger partial charge is 0.550 e. The molecule has 0 radical (unpaired) electrons. The first kappa shape index (κ1) is 27.5. The number of amidine groups is 1. The average molecular weight is 498 g/mol. The number of benzene rings is 1. The molecule has 1 aromatic rings. The van der Waals surface area contributed by atoms with Crippen LogP contribution in [0.3, 0.4) is 0 Å². The maximum Gasteiger partial charge on any atom is 2.00 e. The van der Waals surface area contributed by atoms with Gasteiger partial charge in [0.1, 0.15) is 0 Å². The maximum atomic E-state index is 12.3. The van der Waals surface area contributed by atoms with Gasteiger partial charge in [-0.25, -0.2) is 0 Å². The number of carbonyl (C=O) groups excluding carboxylic acids is 4. The van der Waals surface area contributed by atoms with Gasteiger partial charge in [-0.2, -0.15) is 4.99 Å². The predicted octanol–water partition coefficient (Wildman–Crippen LogP) is -4.38. The summed E-state index contributed by atoms with van der Waals surface area (Å²) in [6.45, 7) is 0.869. The molecule has 34 heavy (non-hydrogen) atoms. The molecule has 2 aliphatic rings. The maximum absolute atomic E-state index is 12.3. The van der Waals surface area contributed by atoms with Crippen LogP contribution in [0.4, 0.5) is 5.69 Å². The number of nitrogens with zero attached hydrogens (tertiary/aromatic N) is 3. The molecular weight excluding hydrogens is 474 g/mol. The van der Waals surface area contributed by atoms with Gasteiger partial charge >= 0.3 is 37.7 Å². The van der Waals surface area contributed by atoms with Crippen LogP contribution in [0.5, 0.6) is 0 Å². The number of carboxylic acid groups (broad SMARTS) is 2. The monoisotopic (exact) mass is 497 g/mol. The Bertz CT molecular complexity index is 1010. The van der Waals surface area contributed by atoms with E-state index in [1.165, 1.54) is 12.1 Å². The van der Waals surface area contributed by atoms with Crippen molar-refractivity contribution in [2.75, 3.05) is 25.5 Å². The predicted molar refractivity (Wildman–Crippen MR) is 119 cm³/mol. The molecule has 3 rings (SSSR count). The van der Waals surface area contributed by atoms with E-state index >= 15 is 0 Å². The normalized spacial score (nSPS) is 20.4. The van der Waals surface area contributed by atoms with Crippen molar-refractivity contribution in [1.29, 1.82) is 0 Å². The molecule has 0 aliphatic carbocycles. The molecule has 2 amide bonds. The van der Waals surface area contributed by atoms with Crippen molar-refractivity contribution in [1.82, 2.24) is 15.5 Å². The van der Waals surface area contributed by atoms with Crippen molar-refractivity contribution in [3.05, 3.63) is 29.8 Å². The fourth-order valence-corrected chi connectivity index (χ4v) is 3.49. The summed E-state index contributed by atoms with van der Waals surface area (Å²) < 4.78 is 0. The quantitative estimate of drug-likeness (QED) is 0.243. The number of likely N-dealkylation sites (N-methyl/N-ethyl adjacent to an activating group) is 1. The number of aliphatic carboxylic acids is 2. The van der Waals surface area contributed by atoms with E-state index in [1.807, 2.05) is 4.90 Å². The molecule has 2 aliphatic heterocycles. The Hall–Kier alpha value is -2.74. The van der Waals surface area contributed by atoms with Gasteiger partial charge in [-0.1, -0.05) is 0 Å². The van der Waals surface area contributed by atoms with Crippen molar-refractivity contribution < 1.29 is 29.4 Å². The molecular formula is C20H23CaN7O6. The number of anilines is 1. The van der Waals surface area contributed by atoms with Crippen molar-refractivity contribution in [2.24, 2.45) is 15.7 Å². The van der Waals surface area contributed by atoms with Gasteiger partial charge in [0.2, 0.25) is 5.96 Å². The van der Waals surface area contributed by atoms with E-state index in [-0.39, 0.29) is 67.6 Å². The molecule has 0 spiro atoms. The van der Waals surface area contributed by atoms with Gasteiger partial charge in [-0.15, -0.1) is 0 Å². The first-order chi connectivity index (χ1) is 15.7. The number of nitrogens with one attached hydrogen (secondary N) is 3. The van der Waals surface area contributed by atoms with Crippen LogP contribution in [0.15, 0.2) is 34.3 Å². The summed E-state index contributed by atoms with van der Waals surface area (Å²) in [5.41, 5.74) is 6.45. The third kappa shape index (κ3) is 6.88. The van der Waals surface area contributed by atoms with Gasteiger partial charge in [0.05, 0.1) is 18.6 Å². The second kappa shape index (κ2) is 12.1. The molecule has 0 bridgehead atoms. The molecule has 0 aromatic heterocycles. The van der Waals surface area contributed by atoms with Gasteiger partial charge in [-0.3, -0.25) is 24.8 Å². The Morgan fingerprint density at radius 1 is 1.26 bits per heavy atom. The third-order valence-electron chi connectivity index (χ3n) is 5.34. The molecule has 0 fully saturated rings. The molecule has 2 heterocycles. The molecule has 176 valence electrons. The molecule has 5 N–H and O–H groups in total. The van der Waals surface area contributed by atoms with Crippen LogP contribution in [-0.2, 0) is 14.4 Å². The van der Waals surface area contributed by atoms with Crippen LogP contribution >= 0.6 is 0 Å². The number of fused-ring (bicyclic) bond motifs is 1. The zero-order valence-corrected chi connectivity index (χ0v) is 20.7. The number of aliphatic imine (C=N–C) groups is 2. The zero-order chi connectivity index (χ0) is 24.1. The summed E-state index contributed by atoms with van der Waals surface area (Å²) in [7, 11) is 1.80. The number of nitrogens with two attached hydrogens (primary N) is 1. The summed E-state index contributed by atoms with van der Waals surface area (Å²) in [4.78, 5) is 56.5. The second-order valence-electron chi connectivity index (χ2n) is 7.62. The van der Waals surface area contributed by atoms with Crippen molar-refractivity contribution in [3.63, 3.8) is 0 Å². The molecule has 13 nitrogen and oxygen atoms in total. The van der Waals surface area contributed by atoms with E-state index in [0.717, 1.165) is 0 Å². The van der Waals surface area contributed by atoms with Crippen LogP contribution in [0.25, 0.3) is 0 Å². The summed E-state index contributed by atoms with van der Waals surface area (Å²) in [5, 5.41) is 29.6. The number of carboxylic acids is 2. The molecule has 3 atom stereocenters. The van der Waals surface area contributed by atoms with E-state index in [1.54, 1.807) is 19.2 Å². The summed E-state index contributed by atoms with van der Waals surface area (Å²) in [6.07, 6.45) is -0.864. The Morgan fingerprint density at radius 3 is 2.56 bits per heavy atom. The first-order valence-corrected chi connectivity index (χ1v) is 10.1. The standard InChI is InChI=1S/C20H25N7O6.Ca/c1-27-12(9-23-16-15(27)18(31)26-20(21)25-16)8-22-11-4-2-10(3-5-11)17(30)24-13(19(32)33)6-7-14(28)29;/h2-5,12-13,15,22H,6-9H2,1H3,(H,24,30)(H,28,29)(H,32,33)(H3,21,23,25,26,31);/q;+2/p-2/t12?,13-,15?;/m0./s1. The Balaban J connectivity index is 0.00000408. The van der Waals surface area contributed by atoms with Gasteiger partial charge in [-0.05, 0) is 44.2 Å². The van der Waals surface area contributed by atoms with Crippen LogP contribution < -0.4 is 31.9 Å². The van der Waals surface area contributed by atoms with Crippen molar-refractivity contribution >= 4 is 79.0 Å². The van der Waals surface area contributed by atoms with E-state index < -0.39 is 36.4 Å². The number of carbonyl (C=O) groups is 4. The second-order valence-corrected chi connectivity index (χ2v) is 7.62. The first-order valence-electron chi connectivity index (χ1n) is 10.1. The fourth-order valence-electron chi connectivity index (χ4n) is 3.49. The average Bonchev–Trinajstić information content (AvgIpc) is 2.75. The van der Waals surface area contributed by atoms with Gasteiger partial charge in [0.15, 0.2) is 11.9 Å². The van der Waals surface area contributed by atoms with E-state index in [2.05, 4.69) is 25.9 Å². The molecule has 0 saturated carbocycles. The summed E-state index contributed by atoms with van der Waals surface area (Å²) >= 11 is 0. The van der Waals surface area contributed by atoms with Gasteiger partial charge in [0.25, 0.3) is 11.8 Å². The van der Waals surface area contributed by atoms with Gasteiger partial charge < -0.3 is 36.2 Å².